The van der Waals surface area contributed by atoms with E-state index in [9.17, 15) is 4.79 Å². The van der Waals surface area contributed by atoms with Gasteiger partial charge in [-0.15, -0.1) is 10.2 Å². The van der Waals surface area contributed by atoms with E-state index < -0.39 is 0 Å². The molecule has 1 amide bonds. The van der Waals surface area contributed by atoms with E-state index in [1.165, 1.54) is 12.8 Å². The molecule has 0 radical (unpaired) electrons. The monoisotopic (exact) mass is 335 g/mol. The second kappa shape index (κ2) is 6.02. The van der Waals surface area contributed by atoms with Crippen molar-refractivity contribution in [3.8, 4) is 0 Å². The number of rotatable bonds is 2. The van der Waals surface area contributed by atoms with Crippen LogP contribution in [0.25, 0.3) is 0 Å². The third kappa shape index (κ3) is 2.96. The molecule has 1 aromatic rings. The van der Waals surface area contributed by atoms with Gasteiger partial charge in [0.15, 0.2) is 0 Å². The summed E-state index contributed by atoms with van der Waals surface area (Å²) >= 11 is 1.62. The van der Waals surface area contributed by atoms with Crippen molar-refractivity contribution in [1.29, 1.82) is 0 Å². The topological polar surface area (TPSA) is 52.6 Å². The summed E-state index contributed by atoms with van der Waals surface area (Å²) in [5, 5.41) is 9.19. The molecule has 0 bridgehead atoms. The number of amides is 1. The van der Waals surface area contributed by atoms with Gasteiger partial charge in [0.05, 0.1) is 0 Å². The minimum absolute atomic E-state index is 0.330. The summed E-state index contributed by atoms with van der Waals surface area (Å²) in [5.41, 5.74) is 2.13. The van der Waals surface area contributed by atoms with Gasteiger partial charge in [0.2, 0.25) is 11.0 Å². The van der Waals surface area contributed by atoms with Gasteiger partial charge in [-0.2, -0.15) is 0 Å². The number of carbonyl (C=O) groups excluding carboxylic acids is 1. The number of hydrogen-bond acceptors (Lipinski definition) is 6. The van der Waals surface area contributed by atoms with E-state index in [4.69, 9.17) is 0 Å². The molecule has 3 saturated heterocycles. The summed E-state index contributed by atoms with van der Waals surface area (Å²) in [6.07, 6.45) is 5.26. The molecule has 0 aliphatic carbocycles. The van der Waals surface area contributed by atoms with E-state index in [0.29, 0.717) is 17.4 Å². The highest BCUT2D eigenvalue weighted by atomic mass is 32.1. The summed E-state index contributed by atoms with van der Waals surface area (Å²) in [6.45, 7) is 5.21. The van der Waals surface area contributed by atoms with E-state index in [1.54, 1.807) is 16.8 Å². The number of piperidine rings is 2. The molecule has 3 fully saturated rings. The molecule has 1 aromatic heterocycles. The van der Waals surface area contributed by atoms with Crippen molar-refractivity contribution in [2.45, 2.75) is 38.1 Å². The Balaban J connectivity index is 1.42. The minimum atomic E-state index is 0.330. The zero-order valence-electron chi connectivity index (χ0n) is 13.8. The quantitative estimate of drug-likeness (QED) is 0.819. The maximum Gasteiger partial charge on any atom is 0.222 e. The SMILES string of the molecule is CN1CCC(N2CC3(CCC2=O)CCN(c2nncs2)CC3)C1. The number of nitrogens with zero attached hydrogens (tertiary/aromatic N) is 5. The van der Waals surface area contributed by atoms with Gasteiger partial charge >= 0.3 is 0 Å². The van der Waals surface area contributed by atoms with Crippen LogP contribution in [-0.4, -0.2) is 71.7 Å². The number of anilines is 1. The molecular formula is C16H25N5OS. The normalized spacial score (nSPS) is 28.7. The fourth-order valence-corrected chi connectivity index (χ4v) is 5.04. The summed E-state index contributed by atoms with van der Waals surface area (Å²) in [7, 11) is 2.16. The third-order valence-electron chi connectivity index (χ3n) is 5.95. The molecule has 1 spiro atoms. The zero-order chi connectivity index (χ0) is 15.9. The standard InChI is InChI=1S/C16H25N5OS/c1-19-7-3-13(10-19)21-11-16(4-2-14(21)22)5-8-20(9-6-16)15-18-17-12-23-15/h12-13H,2-11H2,1H3. The van der Waals surface area contributed by atoms with Crippen LogP contribution in [0.3, 0.4) is 0 Å². The maximum atomic E-state index is 12.4. The first-order valence-electron chi connectivity index (χ1n) is 8.64. The van der Waals surface area contributed by atoms with E-state index >= 15 is 0 Å². The van der Waals surface area contributed by atoms with E-state index in [1.807, 2.05) is 0 Å². The first kappa shape index (κ1) is 15.3. The molecule has 1 atom stereocenters. The summed E-state index contributed by atoms with van der Waals surface area (Å²) < 4.78 is 0. The molecule has 126 valence electrons. The molecular weight excluding hydrogens is 310 g/mol. The Morgan fingerprint density at radius 3 is 2.74 bits per heavy atom. The van der Waals surface area contributed by atoms with Crippen LogP contribution in [0.1, 0.15) is 32.1 Å². The Hall–Kier alpha value is -1.21. The van der Waals surface area contributed by atoms with Crippen molar-refractivity contribution < 1.29 is 4.79 Å². The molecule has 6 nitrogen and oxygen atoms in total. The predicted octanol–water partition coefficient (Wildman–Crippen LogP) is 1.45. The van der Waals surface area contributed by atoms with Crippen molar-refractivity contribution in [2.24, 2.45) is 5.41 Å². The van der Waals surface area contributed by atoms with E-state index in [2.05, 4.69) is 31.9 Å². The third-order valence-corrected chi connectivity index (χ3v) is 6.70. The smallest absolute Gasteiger partial charge is 0.222 e. The first-order valence-corrected chi connectivity index (χ1v) is 9.52. The second-order valence-electron chi connectivity index (χ2n) is 7.43. The molecule has 0 N–H and O–H groups in total. The average molecular weight is 335 g/mol. The van der Waals surface area contributed by atoms with Crippen LogP contribution in [0.5, 0.6) is 0 Å². The lowest BCUT2D eigenvalue weighted by molar-refractivity contribution is -0.141. The van der Waals surface area contributed by atoms with Crippen LogP contribution in [0.4, 0.5) is 5.13 Å². The lowest BCUT2D eigenvalue weighted by Crippen LogP contribution is -2.55. The fraction of sp³-hybridized carbons (Fsp3) is 0.812. The number of aromatic nitrogens is 2. The highest BCUT2D eigenvalue weighted by Crippen LogP contribution is 2.42. The predicted molar refractivity (Wildman–Crippen MR) is 90.6 cm³/mol. The zero-order valence-corrected chi connectivity index (χ0v) is 14.6. The van der Waals surface area contributed by atoms with E-state index in [-0.39, 0.29) is 0 Å². The van der Waals surface area contributed by atoms with Gasteiger partial charge < -0.3 is 14.7 Å². The fourth-order valence-electron chi connectivity index (χ4n) is 4.43. The molecule has 7 heteroatoms. The lowest BCUT2D eigenvalue weighted by Gasteiger charge is -2.48. The van der Waals surface area contributed by atoms with Crippen molar-refractivity contribution in [1.82, 2.24) is 20.0 Å². The van der Waals surface area contributed by atoms with Crippen molar-refractivity contribution in [2.75, 3.05) is 44.7 Å². The number of carbonyl (C=O) groups is 1. The van der Waals surface area contributed by atoms with Crippen LogP contribution in [0.2, 0.25) is 0 Å². The van der Waals surface area contributed by atoms with Gasteiger partial charge in [-0.05, 0) is 44.7 Å². The molecule has 3 aliphatic heterocycles. The molecule has 23 heavy (non-hydrogen) atoms. The van der Waals surface area contributed by atoms with Crippen LogP contribution < -0.4 is 4.90 Å². The molecule has 4 heterocycles. The van der Waals surface area contributed by atoms with Gasteiger partial charge in [0.25, 0.3) is 0 Å². The Morgan fingerprint density at radius 1 is 1.26 bits per heavy atom. The van der Waals surface area contributed by atoms with Crippen molar-refractivity contribution in [3.63, 3.8) is 0 Å². The molecule has 4 rings (SSSR count). The van der Waals surface area contributed by atoms with E-state index in [0.717, 1.165) is 57.1 Å². The van der Waals surface area contributed by atoms with Gasteiger partial charge in [-0.3, -0.25) is 4.79 Å². The van der Waals surface area contributed by atoms with Gasteiger partial charge in [-0.1, -0.05) is 11.3 Å². The van der Waals surface area contributed by atoms with Gasteiger partial charge in [-0.25, -0.2) is 0 Å². The number of likely N-dealkylation sites (N-methyl/N-ethyl adjacent to an activating group) is 1. The van der Waals surface area contributed by atoms with Crippen molar-refractivity contribution in [3.05, 3.63) is 5.51 Å². The largest absolute Gasteiger partial charge is 0.347 e. The lowest BCUT2D eigenvalue weighted by atomic mass is 9.72. The summed E-state index contributed by atoms with van der Waals surface area (Å²) in [5.74, 6) is 0.377. The highest BCUT2D eigenvalue weighted by molar-refractivity contribution is 7.13. The van der Waals surface area contributed by atoms with Crippen LogP contribution >= 0.6 is 11.3 Å². The molecule has 0 aromatic carbocycles. The second-order valence-corrected chi connectivity index (χ2v) is 8.25. The first-order chi connectivity index (χ1) is 11.2. The Morgan fingerprint density at radius 2 is 2.09 bits per heavy atom. The Kier molecular flexibility index (Phi) is 4.01. The molecule has 1 unspecified atom stereocenters. The van der Waals surface area contributed by atoms with Gasteiger partial charge in [0, 0.05) is 38.6 Å². The minimum Gasteiger partial charge on any atom is -0.347 e. The summed E-state index contributed by atoms with van der Waals surface area (Å²) in [6, 6.07) is 0.436. The van der Waals surface area contributed by atoms with Gasteiger partial charge in [0.1, 0.15) is 5.51 Å². The van der Waals surface area contributed by atoms with Crippen LogP contribution in [0.15, 0.2) is 5.51 Å². The van der Waals surface area contributed by atoms with Crippen LogP contribution in [0, 0.1) is 5.41 Å². The highest BCUT2D eigenvalue weighted by Gasteiger charge is 2.43. The van der Waals surface area contributed by atoms with Crippen molar-refractivity contribution >= 4 is 22.4 Å². The Labute approximate surface area is 141 Å². The molecule has 3 aliphatic rings. The number of likely N-dealkylation sites (tertiary alicyclic amines) is 2. The maximum absolute atomic E-state index is 12.4. The number of hydrogen-bond donors (Lipinski definition) is 0. The average Bonchev–Trinajstić information content (AvgIpc) is 3.22. The molecule has 0 saturated carbocycles. The Bertz CT molecular complexity index is 555. The van der Waals surface area contributed by atoms with Crippen LogP contribution in [-0.2, 0) is 4.79 Å². The summed E-state index contributed by atoms with van der Waals surface area (Å²) in [4.78, 5) is 19.4.